The first-order chi connectivity index (χ1) is 8.88. The number of hydrogen-bond donors (Lipinski definition) is 1. The normalized spacial score (nSPS) is 16.8. The second kappa shape index (κ2) is 5.45. The molecule has 0 aliphatic heterocycles. The lowest BCUT2D eigenvalue weighted by molar-refractivity contribution is -0.135. The Bertz CT molecular complexity index is 447. The maximum atomic E-state index is 11.1. The van der Waals surface area contributed by atoms with Crippen molar-refractivity contribution in [2.75, 3.05) is 11.4 Å². The van der Waals surface area contributed by atoms with Crippen LogP contribution in [0.3, 0.4) is 0 Å². The monoisotopic (exact) mass is 283 g/mol. The highest BCUT2D eigenvalue weighted by Crippen LogP contribution is 2.31. The van der Waals surface area contributed by atoms with E-state index in [1.807, 2.05) is 4.90 Å². The van der Waals surface area contributed by atoms with Crippen LogP contribution in [0.25, 0.3) is 0 Å². The van der Waals surface area contributed by atoms with E-state index >= 15 is 0 Å². The average molecular weight is 283 g/mol. The lowest BCUT2D eigenvalue weighted by Gasteiger charge is -2.26. The zero-order chi connectivity index (χ0) is 14.0. The van der Waals surface area contributed by atoms with Gasteiger partial charge in [0.1, 0.15) is 12.4 Å². The van der Waals surface area contributed by atoms with Crippen LogP contribution in [0.2, 0.25) is 0 Å². The van der Waals surface area contributed by atoms with E-state index in [2.05, 4.69) is 30.1 Å². The molecular weight excluding hydrogens is 262 g/mol. The molecule has 0 amide bonds. The molecule has 1 aliphatic rings. The van der Waals surface area contributed by atoms with Gasteiger partial charge in [0, 0.05) is 23.0 Å². The Morgan fingerprint density at radius 3 is 2.53 bits per heavy atom. The molecule has 19 heavy (non-hydrogen) atoms. The number of aromatic nitrogens is 2. The van der Waals surface area contributed by atoms with Crippen LogP contribution in [0.1, 0.15) is 52.3 Å². The maximum absolute atomic E-state index is 11.1. The van der Waals surface area contributed by atoms with Gasteiger partial charge in [0.15, 0.2) is 0 Å². The van der Waals surface area contributed by atoms with Crippen molar-refractivity contribution in [1.29, 1.82) is 0 Å². The molecule has 0 spiro atoms. The summed E-state index contributed by atoms with van der Waals surface area (Å²) >= 11 is 1.31. The zero-order valence-corrected chi connectivity index (χ0v) is 12.5. The van der Waals surface area contributed by atoms with E-state index in [1.165, 1.54) is 24.4 Å². The van der Waals surface area contributed by atoms with Gasteiger partial charge in [-0.05, 0) is 12.8 Å². The summed E-state index contributed by atoms with van der Waals surface area (Å²) in [6.45, 7) is 6.21. The number of carbonyl (C=O) groups is 1. The third-order valence-corrected chi connectivity index (χ3v) is 4.16. The van der Waals surface area contributed by atoms with Crippen molar-refractivity contribution in [3.8, 4) is 0 Å². The van der Waals surface area contributed by atoms with Crippen molar-refractivity contribution >= 4 is 22.6 Å². The summed E-state index contributed by atoms with van der Waals surface area (Å²) in [4.78, 5) is 17.5. The van der Waals surface area contributed by atoms with E-state index in [4.69, 9.17) is 5.11 Å². The fourth-order valence-electron chi connectivity index (χ4n) is 2.35. The maximum Gasteiger partial charge on any atom is 0.323 e. The molecule has 0 atom stereocenters. The van der Waals surface area contributed by atoms with Gasteiger partial charge in [-0.25, -0.2) is 4.98 Å². The first-order valence-corrected chi connectivity index (χ1v) is 7.48. The minimum atomic E-state index is -0.806. The van der Waals surface area contributed by atoms with Gasteiger partial charge < -0.3 is 10.0 Å². The Labute approximate surface area is 117 Å². The molecule has 1 aromatic rings. The fraction of sp³-hybridized carbons (Fsp3) is 0.769. The highest BCUT2D eigenvalue weighted by Gasteiger charge is 2.28. The SMILES string of the molecule is CC(C)(C)c1nsc(N(CC(=O)O)C2CCCC2)n1. The molecule has 5 nitrogen and oxygen atoms in total. The van der Waals surface area contributed by atoms with Gasteiger partial charge in [-0.1, -0.05) is 33.6 Å². The van der Waals surface area contributed by atoms with Gasteiger partial charge in [-0.2, -0.15) is 4.37 Å². The Balaban J connectivity index is 2.22. The van der Waals surface area contributed by atoms with E-state index in [0.717, 1.165) is 23.8 Å². The van der Waals surface area contributed by atoms with Crippen LogP contribution in [0.15, 0.2) is 0 Å². The third-order valence-electron chi connectivity index (χ3n) is 3.40. The summed E-state index contributed by atoms with van der Waals surface area (Å²) in [5.74, 6) is -0.0136. The topological polar surface area (TPSA) is 66.3 Å². The fourth-order valence-corrected chi connectivity index (χ4v) is 3.28. The summed E-state index contributed by atoms with van der Waals surface area (Å²) in [5.41, 5.74) is -0.0979. The lowest BCUT2D eigenvalue weighted by atomic mass is 9.96. The molecule has 0 unspecified atom stereocenters. The molecule has 1 heterocycles. The minimum Gasteiger partial charge on any atom is -0.480 e. The van der Waals surface area contributed by atoms with Gasteiger partial charge in [-0.15, -0.1) is 0 Å². The third kappa shape index (κ3) is 3.43. The zero-order valence-electron chi connectivity index (χ0n) is 11.7. The van der Waals surface area contributed by atoms with Gasteiger partial charge in [0.05, 0.1) is 0 Å². The molecule has 1 aliphatic carbocycles. The van der Waals surface area contributed by atoms with Crippen LogP contribution in [0, 0.1) is 0 Å². The smallest absolute Gasteiger partial charge is 0.323 e. The van der Waals surface area contributed by atoms with Crippen molar-refractivity contribution in [3.05, 3.63) is 5.82 Å². The molecule has 1 N–H and O–H groups in total. The Morgan fingerprint density at radius 2 is 2.05 bits per heavy atom. The number of rotatable bonds is 4. The van der Waals surface area contributed by atoms with Crippen molar-refractivity contribution < 1.29 is 9.90 Å². The van der Waals surface area contributed by atoms with Crippen molar-refractivity contribution in [3.63, 3.8) is 0 Å². The first-order valence-electron chi connectivity index (χ1n) is 6.70. The van der Waals surface area contributed by atoms with Crippen molar-refractivity contribution in [2.24, 2.45) is 0 Å². The highest BCUT2D eigenvalue weighted by molar-refractivity contribution is 7.09. The summed E-state index contributed by atoms with van der Waals surface area (Å²) in [5, 5.41) is 9.84. The van der Waals surface area contributed by atoms with E-state index in [0.29, 0.717) is 6.04 Å². The van der Waals surface area contributed by atoms with Gasteiger partial charge >= 0.3 is 5.97 Å². The van der Waals surface area contributed by atoms with Crippen molar-refractivity contribution in [1.82, 2.24) is 9.36 Å². The summed E-state index contributed by atoms with van der Waals surface area (Å²) in [7, 11) is 0. The Morgan fingerprint density at radius 1 is 1.42 bits per heavy atom. The molecular formula is C13H21N3O2S. The molecule has 1 saturated carbocycles. The van der Waals surface area contributed by atoms with E-state index < -0.39 is 5.97 Å². The molecule has 0 saturated heterocycles. The Hall–Kier alpha value is -1.17. The number of carboxylic acids is 1. The average Bonchev–Trinajstić information content (AvgIpc) is 2.96. The molecule has 0 bridgehead atoms. The van der Waals surface area contributed by atoms with Gasteiger partial charge in [0.2, 0.25) is 5.13 Å². The van der Waals surface area contributed by atoms with Crippen LogP contribution < -0.4 is 4.90 Å². The standard InChI is InChI=1S/C13H21N3O2S/c1-13(2,3)11-14-12(19-15-11)16(8-10(17)18)9-6-4-5-7-9/h9H,4-8H2,1-3H3,(H,17,18). The largest absolute Gasteiger partial charge is 0.480 e. The quantitative estimate of drug-likeness (QED) is 0.920. The van der Waals surface area contributed by atoms with Gasteiger partial charge in [0.25, 0.3) is 0 Å². The number of hydrogen-bond acceptors (Lipinski definition) is 5. The van der Waals surface area contributed by atoms with Crippen LogP contribution >= 0.6 is 11.5 Å². The van der Waals surface area contributed by atoms with Gasteiger partial charge in [-0.3, -0.25) is 4.79 Å². The molecule has 1 aromatic heterocycles. The molecule has 106 valence electrons. The minimum absolute atomic E-state index is 0.0173. The molecule has 0 aromatic carbocycles. The Kier molecular flexibility index (Phi) is 4.08. The van der Waals surface area contributed by atoms with E-state index in [9.17, 15) is 4.79 Å². The van der Waals surface area contributed by atoms with E-state index in [1.54, 1.807) is 0 Å². The van der Waals surface area contributed by atoms with Crippen LogP contribution in [0.4, 0.5) is 5.13 Å². The summed E-state index contributed by atoms with van der Waals surface area (Å²) < 4.78 is 4.38. The molecule has 2 rings (SSSR count). The molecule has 6 heteroatoms. The summed E-state index contributed by atoms with van der Waals surface area (Å²) in [6.07, 6.45) is 4.45. The number of carboxylic acid groups (broad SMARTS) is 1. The van der Waals surface area contributed by atoms with Crippen molar-refractivity contribution in [2.45, 2.75) is 57.9 Å². The van der Waals surface area contributed by atoms with Crippen LogP contribution in [0.5, 0.6) is 0 Å². The van der Waals surface area contributed by atoms with E-state index in [-0.39, 0.29) is 12.0 Å². The predicted molar refractivity (Wildman–Crippen MR) is 75.8 cm³/mol. The number of nitrogens with zero attached hydrogens (tertiary/aromatic N) is 3. The summed E-state index contributed by atoms with van der Waals surface area (Å²) in [6, 6.07) is 0.303. The van der Waals surface area contributed by atoms with Crippen LogP contribution in [-0.4, -0.2) is 33.0 Å². The highest BCUT2D eigenvalue weighted by atomic mass is 32.1. The first kappa shape index (κ1) is 14.2. The second-order valence-corrected chi connectivity index (χ2v) is 6.84. The number of aliphatic carboxylic acids is 1. The second-order valence-electron chi connectivity index (χ2n) is 6.11. The lowest BCUT2D eigenvalue weighted by Crippen LogP contribution is -2.37. The number of anilines is 1. The molecule has 1 fully saturated rings. The van der Waals surface area contributed by atoms with Crippen LogP contribution in [-0.2, 0) is 10.2 Å². The molecule has 0 radical (unpaired) electrons. The predicted octanol–water partition coefficient (Wildman–Crippen LogP) is 2.67.